The van der Waals surface area contributed by atoms with E-state index in [-0.39, 0.29) is 34.1 Å². The van der Waals surface area contributed by atoms with Gasteiger partial charge in [0.1, 0.15) is 5.82 Å². The van der Waals surface area contributed by atoms with E-state index in [1.165, 1.54) is 46.8 Å². The Bertz CT molecular complexity index is 1100. The number of morpholine rings is 1. The number of rotatable bonds is 7. The zero-order valence-corrected chi connectivity index (χ0v) is 18.3. The van der Waals surface area contributed by atoms with Crippen LogP contribution in [0.4, 0.5) is 4.39 Å². The van der Waals surface area contributed by atoms with Gasteiger partial charge in [-0.3, -0.25) is 9.59 Å². The smallest absolute Gasteiger partial charge is 0.259 e. The quantitative estimate of drug-likeness (QED) is 0.456. The lowest BCUT2D eigenvalue weighted by Crippen LogP contribution is -2.40. The molecule has 0 bridgehead atoms. The van der Waals surface area contributed by atoms with Gasteiger partial charge in [-0.15, -0.1) is 0 Å². The van der Waals surface area contributed by atoms with Crippen LogP contribution in [-0.4, -0.2) is 63.6 Å². The van der Waals surface area contributed by atoms with Crippen molar-refractivity contribution in [2.75, 3.05) is 32.8 Å². The monoisotopic (exact) mass is 482 g/mol. The van der Waals surface area contributed by atoms with E-state index >= 15 is 0 Å². The first-order valence-corrected chi connectivity index (χ1v) is 11.3. The van der Waals surface area contributed by atoms with Gasteiger partial charge in [-0.2, -0.15) is 9.41 Å². The summed E-state index contributed by atoms with van der Waals surface area (Å²) >= 11 is 5.85. The molecule has 2 aromatic rings. The molecule has 32 heavy (non-hydrogen) atoms. The second-order valence-electron chi connectivity index (χ2n) is 6.65. The molecular weight excluding hydrogens is 463 g/mol. The second-order valence-corrected chi connectivity index (χ2v) is 9.00. The molecule has 9 nitrogen and oxygen atoms in total. The zero-order chi connectivity index (χ0) is 23.1. The average molecular weight is 483 g/mol. The molecular formula is C20H20ClFN4O5S. The van der Waals surface area contributed by atoms with Crippen LogP contribution >= 0.6 is 11.6 Å². The van der Waals surface area contributed by atoms with Crippen LogP contribution in [0.2, 0.25) is 5.02 Å². The molecule has 0 unspecified atom stereocenters. The first-order chi connectivity index (χ1) is 15.3. The number of ether oxygens (including phenoxy) is 1. The zero-order valence-electron chi connectivity index (χ0n) is 16.8. The fourth-order valence-corrected chi connectivity index (χ4v) is 4.44. The minimum atomic E-state index is -3.66. The number of carbonyl (C=O) groups is 2. The fraction of sp³-hybridized carbons (Fsp3) is 0.250. The molecule has 0 spiro atoms. The van der Waals surface area contributed by atoms with Crippen molar-refractivity contribution >= 4 is 39.7 Å². The Hall–Kier alpha value is -2.86. The molecule has 3 rings (SSSR count). The molecule has 1 aliphatic heterocycles. The number of amides is 2. The van der Waals surface area contributed by atoms with E-state index in [9.17, 15) is 22.4 Å². The molecule has 2 aromatic carbocycles. The molecule has 1 aliphatic rings. The lowest BCUT2D eigenvalue weighted by atomic mass is 10.2. The Balaban J connectivity index is 1.52. The Labute approximate surface area is 189 Å². The maximum Gasteiger partial charge on any atom is 0.259 e. The maximum atomic E-state index is 13.6. The van der Waals surface area contributed by atoms with E-state index in [2.05, 4.69) is 15.8 Å². The molecule has 1 fully saturated rings. The number of hydrogen-bond donors (Lipinski definition) is 2. The number of nitrogens with zero attached hydrogens (tertiary/aromatic N) is 2. The van der Waals surface area contributed by atoms with Crippen LogP contribution in [0, 0.1) is 5.82 Å². The van der Waals surface area contributed by atoms with Gasteiger partial charge >= 0.3 is 0 Å². The highest BCUT2D eigenvalue weighted by Crippen LogP contribution is 2.18. The van der Waals surface area contributed by atoms with Crippen molar-refractivity contribution in [1.29, 1.82) is 0 Å². The van der Waals surface area contributed by atoms with Crippen molar-refractivity contribution in [3.63, 3.8) is 0 Å². The first-order valence-electron chi connectivity index (χ1n) is 9.51. The van der Waals surface area contributed by atoms with Gasteiger partial charge in [-0.1, -0.05) is 17.7 Å². The van der Waals surface area contributed by atoms with Crippen LogP contribution in [0.3, 0.4) is 0 Å². The predicted molar refractivity (Wildman–Crippen MR) is 115 cm³/mol. The third-order valence-electron chi connectivity index (χ3n) is 4.52. The number of sulfonamides is 1. The van der Waals surface area contributed by atoms with E-state index in [0.717, 1.165) is 6.21 Å². The van der Waals surface area contributed by atoms with Gasteiger partial charge in [-0.05, 0) is 36.4 Å². The van der Waals surface area contributed by atoms with Gasteiger partial charge < -0.3 is 10.1 Å². The van der Waals surface area contributed by atoms with Crippen molar-refractivity contribution in [3.8, 4) is 0 Å². The van der Waals surface area contributed by atoms with Crippen LogP contribution < -0.4 is 10.7 Å². The highest BCUT2D eigenvalue weighted by atomic mass is 35.5. The van der Waals surface area contributed by atoms with E-state index in [4.69, 9.17) is 16.3 Å². The predicted octanol–water partition coefficient (Wildman–Crippen LogP) is 1.38. The van der Waals surface area contributed by atoms with Crippen molar-refractivity contribution in [1.82, 2.24) is 15.0 Å². The summed E-state index contributed by atoms with van der Waals surface area (Å²) in [5.41, 5.74) is 2.35. The van der Waals surface area contributed by atoms with Gasteiger partial charge in [0.05, 0.1) is 35.9 Å². The fourth-order valence-electron chi connectivity index (χ4n) is 2.82. The SMILES string of the molecule is O=C(CNC(=O)c1ccc(S(=O)(=O)N2CCOCC2)cc1)N/N=C/c1c(F)cccc1Cl. The maximum absolute atomic E-state index is 13.6. The summed E-state index contributed by atoms with van der Waals surface area (Å²) in [4.78, 5) is 24.1. The number of benzene rings is 2. The minimum absolute atomic E-state index is 0.0191. The van der Waals surface area contributed by atoms with Crippen molar-refractivity contribution in [2.24, 2.45) is 5.10 Å². The lowest BCUT2D eigenvalue weighted by molar-refractivity contribution is -0.120. The van der Waals surface area contributed by atoms with Gasteiger partial charge in [0.15, 0.2) is 0 Å². The molecule has 0 atom stereocenters. The largest absolute Gasteiger partial charge is 0.379 e. The molecule has 1 heterocycles. The summed E-state index contributed by atoms with van der Waals surface area (Å²) in [6.45, 7) is 0.809. The molecule has 0 saturated carbocycles. The molecule has 2 amide bonds. The van der Waals surface area contributed by atoms with E-state index in [1.807, 2.05) is 0 Å². The number of carbonyl (C=O) groups excluding carboxylic acids is 2. The summed E-state index contributed by atoms with van der Waals surface area (Å²) < 4.78 is 45.3. The Kier molecular flexibility index (Phi) is 7.91. The molecule has 1 saturated heterocycles. The van der Waals surface area contributed by atoms with Crippen LogP contribution in [-0.2, 0) is 19.6 Å². The number of halogens is 2. The molecule has 0 aromatic heterocycles. The van der Waals surface area contributed by atoms with Crippen molar-refractivity contribution < 1.29 is 27.1 Å². The first kappa shape index (κ1) is 23.8. The Morgan fingerprint density at radius 1 is 1.16 bits per heavy atom. The molecule has 2 N–H and O–H groups in total. The Morgan fingerprint density at radius 3 is 2.50 bits per heavy atom. The van der Waals surface area contributed by atoms with E-state index in [1.54, 1.807) is 0 Å². The Morgan fingerprint density at radius 2 is 1.84 bits per heavy atom. The summed E-state index contributed by atoms with van der Waals surface area (Å²) in [5.74, 6) is -1.81. The third-order valence-corrected chi connectivity index (χ3v) is 6.76. The normalized spacial score (nSPS) is 14.9. The summed E-state index contributed by atoms with van der Waals surface area (Å²) in [5, 5.41) is 6.14. The summed E-state index contributed by atoms with van der Waals surface area (Å²) in [6.07, 6.45) is 1.06. The van der Waals surface area contributed by atoms with Crippen LogP contribution in [0.15, 0.2) is 52.5 Å². The highest BCUT2D eigenvalue weighted by molar-refractivity contribution is 7.89. The molecule has 12 heteroatoms. The molecule has 0 radical (unpaired) electrons. The van der Waals surface area contributed by atoms with Gasteiger partial charge in [0.25, 0.3) is 11.8 Å². The van der Waals surface area contributed by atoms with Crippen molar-refractivity contribution in [3.05, 3.63) is 64.4 Å². The van der Waals surface area contributed by atoms with Gasteiger partial charge in [0.2, 0.25) is 10.0 Å². The average Bonchev–Trinajstić information content (AvgIpc) is 2.80. The second kappa shape index (κ2) is 10.6. The summed E-state index contributed by atoms with van der Waals surface area (Å²) in [6, 6.07) is 9.51. The number of nitrogens with one attached hydrogen (secondary N) is 2. The molecule has 170 valence electrons. The lowest BCUT2D eigenvalue weighted by Gasteiger charge is -2.26. The topological polar surface area (TPSA) is 117 Å². The van der Waals surface area contributed by atoms with Crippen LogP contribution in [0.1, 0.15) is 15.9 Å². The third kappa shape index (κ3) is 5.88. The summed E-state index contributed by atoms with van der Waals surface area (Å²) in [7, 11) is -3.66. The van der Waals surface area contributed by atoms with E-state index in [0.29, 0.717) is 13.2 Å². The minimum Gasteiger partial charge on any atom is -0.379 e. The van der Waals surface area contributed by atoms with Gasteiger partial charge in [-0.25, -0.2) is 18.2 Å². The standard InChI is InChI=1S/C20H20ClFN4O5S/c21-17-2-1-3-18(22)16(17)12-24-25-19(27)13-23-20(28)14-4-6-15(7-5-14)32(29,30)26-8-10-31-11-9-26/h1-7,12H,8-11,13H2,(H,23,28)(H,25,27)/b24-12+. The van der Waals surface area contributed by atoms with E-state index < -0.39 is 34.2 Å². The van der Waals surface area contributed by atoms with Crippen molar-refractivity contribution in [2.45, 2.75) is 4.90 Å². The van der Waals surface area contributed by atoms with Gasteiger partial charge in [0, 0.05) is 24.2 Å². The number of hydrogen-bond acceptors (Lipinski definition) is 6. The molecule has 0 aliphatic carbocycles. The number of hydrazone groups is 1. The van der Waals surface area contributed by atoms with Crippen LogP contribution in [0.5, 0.6) is 0 Å². The van der Waals surface area contributed by atoms with Crippen LogP contribution in [0.25, 0.3) is 0 Å². The highest BCUT2D eigenvalue weighted by Gasteiger charge is 2.26.